The molecule has 0 unspecified atom stereocenters. The lowest BCUT2D eigenvalue weighted by atomic mass is 9.94. The zero-order valence-corrected chi connectivity index (χ0v) is 15.9. The van der Waals surface area contributed by atoms with Gasteiger partial charge in [-0.1, -0.05) is 6.07 Å². The van der Waals surface area contributed by atoms with Crippen molar-refractivity contribution in [2.75, 3.05) is 18.5 Å². The van der Waals surface area contributed by atoms with Gasteiger partial charge in [0.25, 0.3) is 0 Å². The monoisotopic (exact) mass is 380 g/mol. The smallest absolute Gasteiger partial charge is 0.182 e. The summed E-state index contributed by atoms with van der Waals surface area (Å²) in [6, 6.07) is 8.41. The van der Waals surface area contributed by atoms with Gasteiger partial charge < -0.3 is 4.90 Å². The van der Waals surface area contributed by atoms with E-state index < -0.39 is 0 Å². The predicted molar refractivity (Wildman–Crippen MR) is 111 cm³/mol. The Balaban J connectivity index is 1.28. The topological polar surface area (TPSA) is 70.2 Å². The van der Waals surface area contributed by atoms with E-state index in [-0.39, 0.29) is 0 Å². The van der Waals surface area contributed by atoms with E-state index in [1.54, 1.807) is 18.7 Å². The van der Waals surface area contributed by atoms with Gasteiger partial charge in [-0.2, -0.15) is 0 Å². The van der Waals surface area contributed by atoms with Crippen molar-refractivity contribution in [2.45, 2.75) is 13.0 Å². The summed E-state index contributed by atoms with van der Waals surface area (Å²) in [4.78, 5) is 24.8. The minimum Gasteiger partial charge on any atom is -0.350 e. The van der Waals surface area contributed by atoms with Crippen LogP contribution in [0.3, 0.4) is 0 Å². The Labute approximate surface area is 167 Å². The van der Waals surface area contributed by atoms with Gasteiger partial charge in [-0.3, -0.25) is 9.97 Å². The molecule has 0 radical (unpaired) electrons. The molecule has 3 aromatic rings. The highest BCUT2D eigenvalue weighted by Gasteiger charge is 2.26. The van der Waals surface area contributed by atoms with Gasteiger partial charge in [-0.15, -0.1) is 0 Å². The maximum atomic E-state index is 4.68. The van der Waals surface area contributed by atoms with E-state index in [1.807, 2.05) is 13.1 Å². The molecule has 6 rings (SSSR count). The number of nitrogens with zero attached hydrogens (tertiary/aromatic N) is 7. The SMILES string of the molecule is C[N+]1=CC(c2ccc3c(c2)C(c2cc(N4CCc5nccnc5C4)ncn2)=N3)=C1. The minimum absolute atomic E-state index is 0.713. The molecule has 0 N–H and O–H groups in total. The van der Waals surface area contributed by atoms with Crippen molar-refractivity contribution in [2.24, 2.45) is 4.99 Å². The molecular weight excluding hydrogens is 362 g/mol. The molecule has 0 bridgehead atoms. The molecule has 1 aromatic carbocycles. The van der Waals surface area contributed by atoms with Crippen LogP contribution in [0.4, 0.5) is 11.5 Å². The van der Waals surface area contributed by atoms with Crippen molar-refractivity contribution in [3.05, 3.63) is 77.4 Å². The van der Waals surface area contributed by atoms with Gasteiger partial charge >= 0.3 is 0 Å². The van der Waals surface area contributed by atoms with Gasteiger partial charge in [0.15, 0.2) is 12.4 Å². The zero-order chi connectivity index (χ0) is 19.4. The van der Waals surface area contributed by atoms with Crippen molar-refractivity contribution >= 4 is 29.0 Å². The third-order valence-corrected chi connectivity index (χ3v) is 5.54. The fourth-order valence-corrected chi connectivity index (χ4v) is 3.98. The van der Waals surface area contributed by atoms with Gasteiger partial charge in [-0.05, 0) is 17.7 Å². The van der Waals surface area contributed by atoms with Crippen LogP contribution in [0.1, 0.15) is 28.2 Å². The summed E-state index contributed by atoms with van der Waals surface area (Å²) in [5.41, 5.74) is 8.47. The highest BCUT2D eigenvalue weighted by Crippen LogP contribution is 2.35. The fourth-order valence-electron chi connectivity index (χ4n) is 3.98. The number of fused-ring (bicyclic) bond motifs is 2. The molecule has 5 heterocycles. The molecule has 140 valence electrons. The van der Waals surface area contributed by atoms with Gasteiger partial charge in [0, 0.05) is 37.0 Å². The lowest BCUT2D eigenvalue weighted by Crippen LogP contribution is -2.32. The molecule has 2 aromatic heterocycles. The average Bonchev–Trinajstić information content (AvgIpc) is 2.72. The van der Waals surface area contributed by atoms with Crippen molar-refractivity contribution in [1.29, 1.82) is 0 Å². The summed E-state index contributed by atoms with van der Waals surface area (Å²) < 4.78 is 2.06. The van der Waals surface area contributed by atoms with Gasteiger partial charge in [0.2, 0.25) is 0 Å². The molecule has 29 heavy (non-hydrogen) atoms. The Bertz CT molecular complexity index is 1260. The molecule has 0 aliphatic carbocycles. The summed E-state index contributed by atoms with van der Waals surface area (Å²) in [5.74, 6) is 0.898. The van der Waals surface area contributed by atoms with Crippen molar-refractivity contribution in [3.8, 4) is 0 Å². The molecule has 0 spiro atoms. The highest BCUT2D eigenvalue weighted by atomic mass is 15.2. The van der Waals surface area contributed by atoms with Crippen LogP contribution in [0.2, 0.25) is 0 Å². The first-order chi connectivity index (χ1) is 14.2. The third kappa shape index (κ3) is 2.66. The molecule has 3 aliphatic rings. The van der Waals surface area contributed by atoms with Crippen molar-refractivity contribution in [1.82, 2.24) is 19.9 Å². The average molecular weight is 380 g/mol. The standard InChI is InChI=1S/C22H18N7/c1-28-10-15(11-28)14-2-3-17-16(8-14)22(27-17)19-9-21(26-13-25-19)29-7-4-18-20(12-29)24-6-5-23-18/h2-3,5-6,8-11,13H,4,7,12H2,1H3/q+1. The maximum Gasteiger partial charge on any atom is 0.182 e. The van der Waals surface area contributed by atoms with E-state index in [0.29, 0.717) is 6.54 Å². The van der Waals surface area contributed by atoms with E-state index in [4.69, 9.17) is 0 Å². The number of hydrogen-bond acceptors (Lipinski definition) is 6. The predicted octanol–water partition coefficient (Wildman–Crippen LogP) is 2.38. The van der Waals surface area contributed by atoms with Crippen LogP contribution in [0, 0.1) is 0 Å². The Morgan fingerprint density at radius 3 is 2.72 bits per heavy atom. The normalized spacial score (nSPS) is 16.6. The number of anilines is 1. The Morgan fingerprint density at radius 2 is 1.86 bits per heavy atom. The summed E-state index contributed by atoms with van der Waals surface area (Å²) in [6.07, 6.45) is 10.2. The van der Waals surface area contributed by atoms with E-state index >= 15 is 0 Å². The molecule has 3 aliphatic heterocycles. The first-order valence-corrected chi connectivity index (χ1v) is 9.63. The van der Waals surface area contributed by atoms with Crippen LogP contribution in [0.15, 0.2) is 54.2 Å². The maximum absolute atomic E-state index is 4.68. The first-order valence-electron chi connectivity index (χ1n) is 9.63. The Kier molecular flexibility index (Phi) is 3.43. The minimum atomic E-state index is 0.713. The number of allylic oxidation sites excluding steroid dienone is 1. The molecular formula is C22H18N7+. The van der Waals surface area contributed by atoms with Crippen LogP contribution in [-0.4, -0.2) is 50.0 Å². The highest BCUT2D eigenvalue weighted by molar-refractivity contribution is 6.22. The fraction of sp³-hybridized carbons (Fsp3) is 0.182. The number of aliphatic imine (C=N–C) groups is 1. The zero-order valence-electron chi connectivity index (χ0n) is 15.9. The largest absolute Gasteiger partial charge is 0.350 e. The second kappa shape index (κ2) is 6.13. The lowest BCUT2D eigenvalue weighted by molar-refractivity contribution is -0.423. The van der Waals surface area contributed by atoms with E-state index in [2.05, 4.69) is 65.0 Å². The quantitative estimate of drug-likeness (QED) is 0.511. The van der Waals surface area contributed by atoms with Crippen LogP contribution in [0.25, 0.3) is 5.57 Å². The van der Waals surface area contributed by atoms with E-state index in [1.165, 1.54) is 11.1 Å². The van der Waals surface area contributed by atoms with Gasteiger partial charge in [0.05, 0.1) is 35.0 Å². The number of rotatable bonds is 3. The number of benzene rings is 1. The summed E-state index contributed by atoms with van der Waals surface area (Å²) >= 11 is 0. The Morgan fingerprint density at radius 1 is 1.00 bits per heavy atom. The second-order valence-electron chi connectivity index (χ2n) is 7.45. The van der Waals surface area contributed by atoms with Crippen molar-refractivity contribution in [3.63, 3.8) is 0 Å². The first kappa shape index (κ1) is 16.2. The molecule has 0 fully saturated rings. The molecule has 0 saturated heterocycles. The lowest BCUT2D eigenvalue weighted by Gasteiger charge is -2.28. The van der Waals surface area contributed by atoms with Crippen LogP contribution in [0.5, 0.6) is 0 Å². The molecule has 7 heteroatoms. The number of aromatic nitrogens is 4. The van der Waals surface area contributed by atoms with E-state index in [0.717, 1.165) is 52.8 Å². The van der Waals surface area contributed by atoms with Crippen molar-refractivity contribution < 1.29 is 4.58 Å². The molecule has 0 amide bonds. The second-order valence-corrected chi connectivity index (χ2v) is 7.45. The summed E-state index contributed by atoms with van der Waals surface area (Å²) in [7, 11) is 2.03. The van der Waals surface area contributed by atoms with Crippen LogP contribution < -0.4 is 4.90 Å². The molecule has 0 saturated carbocycles. The molecule has 0 atom stereocenters. The number of hydrogen-bond donors (Lipinski definition) is 0. The summed E-state index contributed by atoms with van der Waals surface area (Å²) in [6.45, 7) is 1.58. The van der Waals surface area contributed by atoms with Gasteiger partial charge in [-0.25, -0.2) is 19.5 Å². The summed E-state index contributed by atoms with van der Waals surface area (Å²) in [5, 5.41) is 0. The van der Waals surface area contributed by atoms with Crippen LogP contribution in [-0.2, 0) is 13.0 Å². The Hall–Kier alpha value is -3.74. The van der Waals surface area contributed by atoms with Crippen LogP contribution >= 0.6 is 0 Å². The van der Waals surface area contributed by atoms with Gasteiger partial charge in [0.1, 0.15) is 24.8 Å². The molecule has 7 nitrogen and oxygen atoms in total. The third-order valence-electron chi connectivity index (χ3n) is 5.54. The van der Waals surface area contributed by atoms with E-state index in [9.17, 15) is 0 Å².